The summed E-state index contributed by atoms with van der Waals surface area (Å²) < 4.78 is 6.20. The monoisotopic (exact) mass is 449 g/mol. The number of benzene rings is 1. The summed E-state index contributed by atoms with van der Waals surface area (Å²) in [6.07, 6.45) is 6.18. The first kappa shape index (κ1) is 20.2. The van der Waals surface area contributed by atoms with Crippen LogP contribution in [0.1, 0.15) is 5.56 Å². The van der Waals surface area contributed by atoms with E-state index in [1.54, 1.807) is 17.3 Å². The Labute approximate surface area is 188 Å². The van der Waals surface area contributed by atoms with Crippen LogP contribution in [-0.4, -0.2) is 62.1 Å². The third-order valence-corrected chi connectivity index (χ3v) is 6.05. The first-order valence-electron chi connectivity index (χ1n) is 10.1. The van der Waals surface area contributed by atoms with Gasteiger partial charge in [0.25, 0.3) is 0 Å². The number of amides is 1. The molecule has 0 unspecified atom stereocenters. The third-order valence-electron chi connectivity index (χ3n) is 5.58. The Bertz CT molecular complexity index is 1350. The van der Waals surface area contributed by atoms with Crippen LogP contribution in [0.5, 0.6) is 11.6 Å². The Morgan fingerprint density at radius 1 is 1.22 bits per heavy atom. The van der Waals surface area contributed by atoms with E-state index in [0.29, 0.717) is 48.3 Å². The minimum absolute atomic E-state index is 0.0577. The van der Waals surface area contributed by atoms with E-state index in [0.717, 1.165) is 27.7 Å². The van der Waals surface area contributed by atoms with Gasteiger partial charge in [-0.05, 0) is 30.7 Å². The normalized spacial score (nSPS) is 14.2. The number of hydrogen-bond acceptors (Lipinski definition) is 7. The average molecular weight is 450 g/mol. The second kappa shape index (κ2) is 8.08. The molecule has 0 bridgehead atoms. The predicted octanol–water partition coefficient (Wildman–Crippen LogP) is 3.49. The molecule has 0 saturated carbocycles. The number of anilines is 1. The topological polar surface area (TPSA) is 100 Å². The molecule has 9 nitrogen and oxygen atoms in total. The van der Waals surface area contributed by atoms with Gasteiger partial charge < -0.3 is 14.5 Å². The van der Waals surface area contributed by atoms with Crippen molar-refractivity contribution in [2.75, 3.05) is 31.1 Å². The molecule has 0 atom stereocenters. The van der Waals surface area contributed by atoms with E-state index in [9.17, 15) is 4.79 Å². The standard InChI is InChI=1S/C22H20ClN7O2/c1-3-17(31)29-6-8-30(9-7-29)21-14-4-5-24-22(19(14)25-12-26-21)32-20-15-11-27-28-16(15)10-13(2)18(20)23/h3-5,10-12H,1,6-9H2,2H3,(H,27,28). The minimum atomic E-state index is -0.0577. The summed E-state index contributed by atoms with van der Waals surface area (Å²) in [5, 5.41) is 9.11. The van der Waals surface area contributed by atoms with Gasteiger partial charge in [0, 0.05) is 37.8 Å². The highest BCUT2D eigenvalue weighted by Gasteiger charge is 2.23. The molecule has 1 saturated heterocycles. The van der Waals surface area contributed by atoms with Crippen LogP contribution in [0.4, 0.5) is 5.82 Å². The van der Waals surface area contributed by atoms with Gasteiger partial charge in [-0.1, -0.05) is 18.2 Å². The summed E-state index contributed by atoms with van der Waals surface area (Å²) in [5.74, 6) is 1.53. The van der Waals surface area contributed by atoms with Gasteiger partial charge >= 0.3 is 0 Å². The van der Waals surface area contributed by atoms with E-state index in [1.807, 2.05) is 19.1 Å². The zero-order valence-corrected chi connectivity index (χ0v) is 18.1. The van der Waals surface area contributed by atoms with Gasteiger partial charge in [0.15, 0.2) is 5.75 Å². The summed E-state index contributed by atoms with van der Waals surface area (Å²) in [6, 6.07) is 3.79. The molecule has 1 aliphatic rings. The van der Waals surface area contributed by atoms with Gasteiger partial charge in [0.2, 0.25) is 11.8 Å². The van der Waals surface area contributed by atoms with Gasteiger partial charge in [-0.25, -0.2) is 15.0 Å². The van der Waals surface area contributed by atoms with E-state index in [1.165, 1.54) is 12.4 Å². The molecule has 1 fully saturated rings. The highest BCUT2D eigenvalue weighted by atomic mass is 35.5. The number of piperazine rings is 1. The van der Waals surface area contributed by atoms with Crippen molar-refractivity contribution in [2.24, 2.45) is 0 Å². The lowest BCUT2D eigenvalue weighted by atomic mass is 10.1. The van der Waals surface area contributed by atoms with Crippen LogP contribution in [0.3, 0.4) is 0 Å². The predicted molar refractivity (Wildman–Crippen MR) is 122 cm³/mol. The molecule has 1 N–H and O–H groups in total. The van der Waals surface area contributed by atoms with Crippen LogP contribution < -0.4 is 9.64 Å². The van der Waals surface area contributed by atoms with Crippen LogP contribution in [0.15, 0.2) is 43.5 Å². The van der Waals surface area contributed by atoms with Gasteiger partial charge in [0.05, 0.1) is 22.1 Å². The zero-order chi connectivity index (χ0) is 22.2. The molecule has 0 aliphatic carbocycles. The van der Waals surface area contributed by atoms with Crippen molar-refractivity contribution in [1.29, 1.82) is 0 Å². The van der Waals surface area contributed by atoms with Gasteiger partial charge in [-0.3, -0.25) is 9.89 Å². The number of H-pyrrole nitrogens is 1. The SMILES string of the molecule is C=CC(=O)N1CCN(c2ncnc3c(Oc4c(Cl)c(C)cc5[nH]ncc45)nccc23)CC1. The largest absolute Gasteiger partial charge is 0.435 e. The van der Waals surface area contributed by atoms with Crippen LogP contribution >= 0.6 is 11.6 Å². The Morgan fingerprint density at radius 2 is 2.03 bits per heavy atom. The van der Waals surface area contributed by atoms with Gasteiger partial charge in [-0.2, -0.15) is 5.10 Å². The fraction of sp³-hybridized carbons (Fsp3) is 0.227. The molecular weight excluding hydrogens is 430 g/mol. The summed E-state index contributed by atoms with van der Waals surface area (Å²) in [4.78, 5) is 29.2. The molecule has 4 aromatic rings. The number of halogens is 1. The molecule has 1 amide bonds. The highest BCUT2D eigenvalue weighted by molar-refractivity contribution is 6.34. The Kier molecular flexibility index (Phi) is 5.10. The number of fused-ring (bicyclic) bond motifs is 2. The zero-order valence-electron chi connectivity index (χ0n) is 17.4. The maximum atomic E-state index is 11.9. The van der Waals surface area contributed by atoms with Crippen molar-refractivity contribution >= 4 is 45.1 Å². The van der Waals surface area contributed by atoms with Crippen LogP contribution in [-0.2, 0) is 4.79 Å². The number of carbonyl (C=O) groups is 1. The molecule has 162 valence electrons. The van der Waals surface area contributed by atoms with Crippen LogP contribution in [0.2, 0.25) is 5.02 Å². The van der Waals surface area contributed by atoms with Crippen molar-refractivity contribution in [3.63, 3.8) is 0 Å². The van der Waals surface area contributed by atoms with Crippen molar-refractivity contribution < 1.29 is 9.53 Å². The van der Waals surface area contributed by atoms with E-state index in [4.69, 9.17) is 16.3 Å². The van der Waals surface area contributed by atoms with Crippen molar-refractivity contribution in [3.8, 4) is 11.6 Å². The lowest BCUT2D eigenvalue weighted by Gasteiger charge is -2.35. The molecule has 0 radical (unpaired) electrons. The molecule has 3 aromatic heterocycles. The number of pyridine rings is 1. The van der Waals surface area contributed by atoms with Crippen molar-refractivity contribution in [1.82, 2.24) is 30.0 Å². The molecule has 10 heteroatoms. The number of rotatable bonds is 4. The van der Waals surface area contributed by atoms with Crippen molar-refractivity contribution in [3.05, 3.63) is 54.1 Å². The maximum absolute atomic E-state index is 11.9. The van der Waals surface area contributed by atoms with Crippen molar-refractivity contribution in [2.45, 2.75) is 6.92 Å². The quantitative estimate of drug-likeness (QED) is 0.476. The Hall–Kier alpha value is -3.72. The number of aromatic nitrogens is 5. The van der Waals surface area contributed by atoms with E-state index in [2.05, 4.69) is 36.6 Å². The summed E-state index contributed by atoms with van der Waals surface area (Å²) in [5.41, 5.74) is 2.27. The Morgan fingerprint density at radius 3 is 2.81 bits per heavy atom. The fourth-order valence-corrected chi connectivity index (χ4v) is 4.10. The minimum Gasteiger partial charge on any atom is -0.435 e. The Balaban J connectivity index is 1.51. The second-order valence-electron chi connectivity index (χ2n) is 7.50. The summed E-state index contributed by atoms with van der Waals surface area (Å²) in [7, 11) is 0. The molecule has 4 heterocycles. The molecular formula is C22H20ClN7O2. The van der Waals surface area contributed by atoms with E-state index in [-0.39, 0.29) is 5.91 Å². The number of nitrogens with zero attached hydrogens (tertiary/aromatic N) is 6. The summed E-state index contributed by atoms with van der Waals surface area (Å²) >= 11 is 6.56. The summed E-state index contributed by atoms with van der Waals surface area (Å²) in [6.45, 7) is 7.98. The lowest BCUT2D eigenvalue weighted by Crippen LogP contribution is -2.48. The number of nitrogens with one attached hydrogen (secondary N) is 1. The lowest BCUT2D eigenvalue weighted by molar-refractivity contribution is -0.126. The first-order valence-corrected chi connectivity index (χ1v) is 10.5. The molecule has 1 aliphatic heterocycles. The first-order chi connectivity index (χ1) is 15.6. The van der Waals surface area contributed by atoms with Crippen LogP contribution in [0, 0.1) is 6.92 Å². The number of carbonyl (C=O) groups excluding carboxylic acids is 1. The fourth-order valence-electron chi connectivity index (χ4n) is 3.91. The molecule has 32 heavy (non-hydrogen) atoms. The van der Waals surface area contributed by atoms with Gasteiger partial charge in [0.1, 0.15) is 17.7 Å². The highest BCUT2D eigenvalue weighted by Crippen LogP contribution is 2.39. The number of hydrogen-bond donors (Lipinski definition) is 1. The average Bonchev–Trinajstić information content (AvgIpc) is 3.29. The second-order valence-corrected chi connectivity index (χ2v) is 7.87. The maximum Gasteiger partial charge on any atom is 0.246 e. The molecule has 0 spiro atoms. The molecule has 5 rings (SSSR count). The number of aromatic amines is 1. The number of ether oxygens (including phenoxy) is 1. The smallest absolute Gasteiger partial charge is 0.246 e. The number of aryl methyl sites for hydroxylation is 1. The van der Waals surface area contributed by atoms with E-state index >= 15 is 0 Å². The third kappa shape index (κ3) is 3.40. The van der Waals surface area contributed by atoms with Gasteiger partial charge in [-0.15, -0.1) is 0 Å². The molecule has 1 aromatic carbocycles. The van der Waals surface area contributed by atoms with E-state index < -0.39 is 0 Å². The van der Waals surface area contributed by atoms with Crippen LogP contribution in [0.25, 0.3) is 21.8 Å².